The summed E-state index contributed by atoms with van der Waals surface area (Å²) in [5.41, 5.74) is 0. The summed E-state index contributed by atoms with van der Waals surface area (Å²) < 4.78 is 0. The van der Waals surface area contributed by atoms with Crippen LogP contribution in [-0.4, -0.2) is 60.5 Å². The second kappa shape index (κ2) is 6.02. The van der Waals surface area contributed by atoms with Crippen molar-refractivity contribution < 1.29 is 4.79 Å². The minimum atomic E-state index is 0.378. The molecule has 1 amide bonds. The van der Waals surface area contributed by atoms with E-state index in [0.717, 1.165) is 19.0 Å². The molecule has 0 radical (unpaired) electrons. The van der Waals surface area contributed by atoms with Gasteiger partial charge >= 0.3 is 0 Å². The fourth-order valence-corrected chi connectivity index (χ4v) is 3.63. The Balaban J connectivity index is 1.56. The van der Waals surface area contributed by atoms with Crippen LogP contribution in [0.1, 0.15) is 45.4 Å². The van der Waals surface area contributed by atoms with Gasteiger partial charge in [0.15, 0.2) is 0 Å². The first-order chi connectivity index (χ1) is 9.69. The molecule has 1 saturated heterocycles. The number of likely N-dealkylation sites (tertiary alicyclic amines) is 1. The van der Waals surface area contributed by atoms with Gasteiger partial charge in [-0.15, -0.1) is 0 Å². The third-order valence-electron chi connectivity index (χ3n) is 5.24. The quantitative estimate of drug-likeness (QED) is 0.799. The normalized spacial score (nSPS) is 29.2. The summed E-state index contributed by atoms with van der Waals surface area (Å²) in [5.74, 6) is 1.16. The van der Waals surface area contributed by atoms with Gasteiger partial charge < -0.3 is 10.2 Å². The number of carbonyl (C=O) groups excluding carboxylic acids is 1. The van der Waals surface area contributed by atoms with Crippen molar-refractivity contribution in [3.05, 3.63) is 0 Å². The van der Waals surface area contributed by atoms with Crippen molar-refractivity contribution in [2.24, 2.45) is 5.92 Å². The number of hydrogen-bond acceptors (Lipinski definition) is 3. The fraction of sp³-hybridized carbons (Fsp3) is 0.938. The molecule has 20 heavy (non-hydrogen) atoms. The average Bonchev–Trinajstić information content (AvgIpc) is 3.30. The number of carbonyl (C=O) groups is 1. The molecule has 2 aliphatic carbocycles. The van der Waals surface area contributed by atoms with Crippen LogP contribution in [0.25, 0.3) is 0 Å². The van der Waals surface area contributed by atoms with E-state index in [4.69, 9.17) is 0 Å². The van der Waals surface area contributed by atoms with E-state index in [2.05, 4.69) is 22.0 Å². The van der Waals surface area contributed by atoms with Crippen LogP contribution in [0, 0.1) is 5.92 Å². The van der Waals surface area contributed by atoms with E-state index < -0.39 is 0 Å². The smallest absolute Gasteiger partial charge is 0.237 e. The van der Waals surface area contributed by atoms with Crippen LogP contribution in [0.2, 0.25) is 0 Å². The number of likely N-dealkylation sites (N-methyl/N-ethyl adjacent to an activating group) is 1. The van der Waals surface area contributed by atoms with Gasteiger partial charge in [-0.1, -0.05) is 0 Å². The van der Waals surface area contributed by atoms with Gasteiger partial charge in [0.25, 0.3) is 0 Å². The van der Waals surface area contributed by atoms with Crippen LogP contribution in [0.3, 0.4) is 0 Å². The Morgan fingerprint density at radius 3 is 2.65 bits per heavy atom. The fourth-order valence-electron chi connectivity index (χ4n) is 3.63. The van der Waals surface area contributed by atoms with Crippen molar-refractivity contribution >= 4 is 5.91 Å². The van der Waals surface area contributed by atoms with Crippen molar-refractivity contribution in [1.29, 1.82) is 0 Å². The van der Waals surface area contributed by atoms with E-state index in [0.29, 0.717) is 30.6 Å². The number of piperidine rings is 1. The first-order valence-electron chi connectivity index (χ1n) is 8.40. The number of hydrogen-bond donors (Lipinski definition) is 1. The van der Waals surface area contributed by atoms with Gasteiger partial charge in [-0.05, 0) is 65.0 Å². The van der Waals surface area contributed by atoms with Crippen molar-refractivity contribution in [1.82, 2.24) is 15.1 Å². The Labute approximate surface area is 122 Å². The molecule has 0 aromatic rings. The molecule has 4 nitrogen and oxygen atoms in total. The highest BCUT2D eigenvalue weighted by atomic mass is 16.2. The summed E-state index contributed by atoms with van der Waals surface area (Å²) in [4.78, 5) is 17.3. The van der Waals surface area contributed by atoms with Gasteiger partial charge in [-0.2, -0.15) is 0 Å². The summed E-state index contributed by atoms with van der Waals surface area (Å²) in [6.07, 6.45) is 7.54. The summed E-state index contributed by atoms with van der Waals surface area (Å²) in [7, 11) is 2.03. The van der Waals surface area contributed by atoms with E-state index in [9.17, 15) is 4.79 Å². The first-order valence-corrected chi connectivity index (χ1v) is 8.40. The van der Waals surface area contributed by atoms with Gasteiger partial charge in [0.2, 0.25) is 5.91 Å². The second-order valence-electron chi connectivity index (χ2n) is 6.97. The van der Waals surface area contributed by atoms with Gasteiger partial charge in [-0.25, -0.2) is 0 Å². The molecule has 114 valence electrons. The molecule has 2 saturated carbocycles. The SMILES string of the molecule is CNC1CCCN(CC(=O)N(C2CC2)C(C)C2CC2)C1. The zero-order valence-corrected chi connectivity index (χ0v) is 13.0. The summed E-state index contributed by atoms with van der Waals surface area (Å²) in [6.45, 7) is 5.00. The minimum absolute atomic E-state index is 0.378. The van der Waals surface area contributed by atoms with Crippen LogP contribution in [0.4, 0.5) is 0 Å². The highest BCUT2D eigenvalue weighted by Gasteiger charge is 2.41. The van der Waals surface area contributed by atoms with E-state index >= 15 is 0 Å². The topological polar surface area (TPSA) is 35.6 Å². The average molecular weight is 279 g/mol. The van der Waals surface area contributed by atoms with Crippen LogP contribution >= 0.6 is 0 Å². The number of rotatable bonds is 6. The van der Waals surface area contributed by atoms with Crippen LogP contribution in [0.15, 0.2) is 0 Å². The Hall–Kier alpha value is -0.610. The number of nitrogens with one attached hydrogen (secondary N) is 1. The third-order valence-corrected chi connectivity index (χ3v) is 5.24. The minimum Gasteiger partial charge on any atom is -0.336 e. The molecule has 1 aliphatic heterocycles. The molecule has 1 N–H and O–H groups in total. The predicted molar refractivity (Wildman–Crippen MR) is 80.6 cm³/mol. The zero-order chi connectivity index (χ0) is 14.1. The van der Waals surface area contributed by atoms with Crippen LogP contribution in [0.5, 0.6) is 0 Å². The molecule has 3 rings (SSSR count). The Morgan fingerprint density at radius 2 is 2.05 bits per heavy atom. The zero-order valence-electron chi connectivity index (χ0n) is 13.0. The number of amides is 1. The second-order valence-corrected chi connectivity index (χ2v) is 6.97. The van der Waals surface area contributed by atoms with E-state index in [1.165, 1.54) is 38.5 Å². The Kier molecular flexibility index (Phi) is 4.32. The van der Waals surface area contributed by atoms with Gasteiger partial charge in [0, 0.05) is 24.7 Å². The number of nitrogens with zero attached hydrogens (tertiary/aromatic N) is 2. The largest absolute Gasteiger partial charge is 0.336 e. The maximum absolute atomic E-state index is 12.7. The van der Waals surface area contributed by atoms with E-state index in [1.54, 1.807) is 0 Å². The Morgan fingerprint density at radius 1 is 1.30 bits per heavy atom. The maximum atomic E-state index is 12.7. The molecule has 0 aromatic heterocycles. The molecule has 2 atom stereocenters. The molecule has 3 aliphatic rings. The lowest BCUT2D eigenvalue weighted by Crippen LogP contribution is -2.51. The van der Waals surface area contributed by atoms with Crippen LogP contribution < -0.4 is 5.32 Å². The molecule has 0 aromatic carbocycles. The molecule has 0 spiro atoms. The Bertz CT molecular complexity index is 352. The summed E-state index contributed by atoms with van der Waals surface area (Å²) in [6, 6.07) is 1.59. The molecular weight excluding hydrogens is 250 g/mol. The van der Waals surface area contributed by atoms with E-state index in [1.807, 2.05) is 7.05 Å². The molecule has 4 heteroatoms. The predicted octanol–water partition coefficient (Wildman–Crippen LogP) is 1.46. The lowest BCUT2D eigenvalue weighted by atomic mass is 10.1. The highest BCUT2D eigenvalue weighted by molar-refractivity contribution is 5.79. The molecule has 0 bridgehead atoms. The molecular formula is C16H29N3O. The molecule has 2 unspecified atom stereocenters. The first kappa shape index (κ1) is 14.3. The van der Waals surface area contributed by atoms with E-state index in [-0.39, 0.29) is 0 Å². The summed E-state index contributed by atoms with van der Waals surface area (Å²) in [5, 5.41) is 3.36. The molecule has 3 fully saturated rings. The van der Waals surface area contributed by atoms with Crippen LogP contribution in [-0.2, 0) is 4.79 Å². The van der Waals surface area contributed by atoms with Gasteiger partial charge in [-0.3, -0.25) is 9.69 Å². The maximum Gasteiger partial charge on any atom is 0.237 e. The lowest BCUT2D eigenvalue weighted by Gasteiger charge is -2.35. The van der Waals surface area contributed by atoms with Crippen molar-refractivity contribution in [3.8, 4) is 0 Å². The highest BCUT2D eigenvalue weighted by Crippen LogP contribution is 2.39. The lowest BCUT2D eigenvalue weighted by molar-refractivity contribution is -0.135. The molecule has 1 heterocycles. The third kappa shape index (κ3) is 3.34. The van der Waals surface area contributed by atoms with Gasteiger partial charge in [0.1, 0.15) is 0 Å². The summed E-state index contributed by atoms with van der Waals surface area (Å²) >= 11 is 0. The van der Waals surface area contributed by atoms with Crippen molar-refractivity contribution in [2.45, 2.75) is 63.6 Å². The van der Waals surface area contributed by atoms with Crippen molar-refractivity contribution in [2.75, 3.05) is 26.7 Å². The standard InChI is InChI=1S/C16H29N3O/c1-12(13-5-6-13)19(15-7-8-15)16(20)11-18-9-3-4-14(10-18)17-2/h12-15,17H,3-11H2,1-2H3. The van der Waals surface area contributed by atoms with Crippen molar-refractivity contribution in [3.63, 3.8) is 0 Å². The monoisotopic (exact) mass is 279 g/mol. The van der Waals surface area contributed by atoms with Gasteiger partial charge in [0.05, 0.1) is 6.54 Å².